The van der Waals surface area contributed by atoms with E-state index in [0.29, 0.717) is 13.0 Å². The second-order valence-corrected chi connectivity index (χ2v) is 6.15. The second-order valence-electron chi connectivity index (χ2n) is 4.32. The van der Waals surface area contributed by atoms with E-state index in [1.807, 2.05) is 0 Å². The highest BCUT2D eigenvalue weighted by Gasteiger charge is 2.27. The summed E-state index contributed by atoms with van der Waals surface area (Å²) in [4.78, 5) is 26.2. The SMILES string of the molecule is OCCCCCCCCCCC[P+](O)(O)O. The third-order valence-corrected chi connectivity index (χ3v) is 3.53. The zero-order valence-electron chi connectivity index (χ0n) is 10.0. The molecule has 0 aromatic carbocycles. The van der Waals surface area contributed by atoms with Crippen LogP contribution in [0.4, 0.5) is 0 Å². The normalized spacial score (nSPS) is 12.0. The lowest BCUT2D eigenvalue weighted by atomic mass is 10.1. The third kappa shape index (κ3) is 14.3. The van der Waals surface area contributed by atoms with Gasteiger partial charge in [0, 0.05) is 6.61 Å². The molecule has 0 spiro atoms. The number of aliphatic hydroxyl groups is 1. The Labute approximate surface area is 98.9 Å². The minimum atomic E-state index is -3.51. The van der Waals surface area contributed by atoms with Gasteiger partial charge in [0.1, 0.15) is 6.16 Å². The Hall–Kier alpha value is 0.270. The number of unbranched alkanes of at least 4 members (excludes halogenated alkanes) is 8. The van der Waals surface area contributed by atoms with Crippen molar-refractivity contribution in [2.24, 2.45) is 0 Å². The molecule has 0 bridgehead atoms. The van der Waals surface area contributed by atoms with E-state index in [-0.39, 0.29) is 6.16 Å². The van der Waals surface area contributed by atoms with E-state index in [1.54, 1.807) is 0 Å². The molecule has 0 fully saturated rings. The van der Waals surface area contributed by atoms with Gasteiger partial charge >= 0.3 is 7.94 Å². The van der Waals surface area contributed by atoms with Crippen LogP contribution in [-0.4, -0.2) is 32.6 Å². The van der Waals surface area contributed by atoms with Gasteiger partial charge in [0.05, 0.1) is 0 Å². The van der Waals surface area contributed by atoms with Crippen molar-refractivity contribution in [3.05, 3.63) is 0 Å². The first-order valence-corrected chi connectivity index (χ1v) is 8.06. The monoisotopic (exact) mass is 253 g/mol. The Balaban J connectivity index is 2.99. The molecule has 0 saturated carbocycles. The van der Waals surface area contributed by atoms with Crippen LogP contribution in [-0.2, 0) is 0 Å². The summed E-state index contributed by atoms with van der Waals surface area (Å²) in [5.74, 6) is 0. The maximum absolute atomic E-state index is 8.74. The lowest BCUT2D eigenvalue weighted by Gasteiger charge is -2.04. The summed E-state index contributed by atoms with van der Waals surface area (Å²) in [5.41, 5.74) is 0. The van der Waals surface area contributed by atoms with Crippen molar-refractivity contribution in [2.75, 3.05) is 12.8 Å². The van der Waals surface area contributed by atoms with Crippen molar-refractivity contribution in [3.63, 3.8) is 0 Å². The molecular formula is C11H26O4P+. The van der Waals surface area contributed by atoms with Gasteiger partial charge in [-0.3, -0.25) is 0 Å². The molecular weight excluding hydrogens is 227 g/mol. The predicted molar refractivity (Wildman–Crippen MR) is 67.1 cm³/mol. The molecule has 0 aliphatic rings. The minimum absolute atomic E-state index is 0.142. The smallest absolute Gasteiger partial charge is 0.396 e. The second kappa shape index (κ2) is 10.4. The lowest BCUT2D eigenvalue weighted by Crippen LogP contribution is -1.95. The molecule has 4 nitrogen and oxygen atoms in total. The fourth-order valence-corrected chi connectivity index (χ4v) is 2.32. The molecule has 98 valence electrons. The van der Waals surface area contributed by atoms with Crippen molar-refractivity contribution in [3.8, 4) is 0 Å². The summed E-state index contributed by atoms with van der Waals surface area (Å²) in [5, 5.41) is 8.57. The van der Waals surface area contributed by atoms with E-state index >= 15 is 0 Å². The van der Waals surface area contributed by atoms with Crippen molar-refractivity contribution < 1.29 is 19.8 Å². The first kappa shape index (κ1) is 16.3. The maximum Gasteiger partial charge on any atom is 0.403 e. The Morgan fingerprint density at radius 2 is 0.938 bits per heavy atom. The molecule has 16 heavy (non-hydrogen) atoms. The van der Waals surface area contributed by atoms with E-state index in [9.17, 15) is 0 Å². The minimum Gasteiger partial charge on any atom is -0.396 e. The highest BCUT2D eigenvalue weighted by Crippen LogP contribution is 2.45. The van der Waals surface area contributed by atoms with Gasteiger partial charge in [0.2, 0.25) is 0 Å². The Morgan fingerprint density at radius 3 is 1.31 bits per heavy atom. The quantitative estimate of drug-likeness (QED) is 0.336. The van der Waals surface area contributed by atoms with Crippen molar-refractivity contribution >= 4 is 7.94 Å². The molecule has 0 atom stereocenters. The van der Waals surface area contributed by atoms with Crippen LogP contribution in [0, 0.1) is 0 Å². The average molecular weight is 253 g/mol. The van der Waals surface area contributed by atoms with Crippen LogP contribution in [0.15, 0.2) is 0 Å². The highest BCUT2D eigenvalue weighted by molar-refractivity contribution is 7.58. The van der Waals surface area contributed by atoms with Crippen molar-refractivity contribution in [1.29, 1.82) is 0 Å². The van der Waals surface area contributed by atoms with Crippen LogP contribution < -0.4 is 0 Å². The number of hydrogen-bond donors (Lipinski definition) is 4. The van der Waals surface area contributed by atoms with Gasteiger partial charge in [-0.1, -0.05) is 38.5 Å². The first-order chi connectivity index (χ1) is 7.56. The van der Waals surface area contributed by atoms with Crippen LogP contribution in [0.5, 0.6) is 0 Å². The van der Waals surface area contributed by atoms with Crippen LogP contribution in [0.25, 0.3) is 0 Å². The largest absolute Gasteiger partial charge is 0.403 e. The fraction of sp³-hybridized carbons (Fsp3) is 1.00. The summed E-state index contributed by atoms with van der Waals surface area (Å²) < 4.78 is 0. The van der Waals surface area contributed by atoms with E-state index in [4.69, 9.17) is 19.8 Å². The van der Waals surface area contributed by atoms with Gasteiger partial charge in [-0.25, -0.2) is 0 Å². The topological polar surface area (TPSA) is 80.9 Å². The average Bonchev–Trinajstić information content (AvgIpc) is 2.19. The summed E-state index contributed by atoms with van der Waals surface area (Å²) in [6.07, 6.45) is 9.72. The van der Waals surface area contributed by atoms with Crippen LogP contribution in [0.3, 0.4) is 0 Å². The predicted octanol–water partition coefficient (Wildman–Crippen LogP) is 2.23. The molecule has 0 rings (SSSR count). The van der Waals surface area contributed by atoms with Crippen LogP contribution in [0.1, 0.15) is 57.8 Å². The van der Waals surface area contributed by atoms with Gasteiger partial charge in [-0.2, -0.15) is 14.7 Å². The molecule has 0 amide bonds. The van der Waals surface area contributed by atoms with Crippen LogP contribution in [0.2, 0.25) is 0 Å². The van der Waals surface area contributed by atoms with Gasteiger partial charge in [-0.15, -0.1) is 0 Å². The summed E-state index contributed by atoms with van der Waals surface area (Å²) in [6, 6.07) is 0. The molecule has 0 aromatic heterocycles. The van der Waals surface area contributed by atoms with E-state index in [2.05, 4.69) is 0 Å². The molecule has 0 radical (unpaired) electrons. The van der Waals surface area contributed by atoms with E-state index in [0.717, 1.165) is 25.7 Å². The standard InChI is InChI=1S/C11H26O4P/c12-10-8-6-4-2-1-3-5-7-9-11-16(13,14)15/h12-15H,1-11H2/q+1. The number of aliphatic hydroxyl groups excluding tert-OH is 1. The molecule has 0 saturated heterocycles. The zero-order chi connectivity index (χ0) is 12.3. The molecule has 5 heteroatoms. The Morgan fingerprint density at radius 1 is 0.562 bits per heavy atom. The molecule has 0 heterocycles. The van der Waals surface area contributed by atoms with Gasteiger partial charge in [0.15, 0.2) is 0 Å². The van der Waals surface area contributed by atoms with Crippen molar-refractivity contribution in [2.45, 2.75) is 57.8 Å². The first-order valence-electron chi connectivity index (χ1n) is 6.23. The van der Waals surface area contributed by atoms with Gasteiger partial charge in [-0.05, 0) is 19.3 Å². The zero-order valence-corrected chi connectivity index (χ0v) is 10.9. The maximum atomic E-state index is 8.74. The molecule has 4 N–H and O–H groups in total. The highest BCUT2D eigenvalue weighted by atomic mass is 31.2. The Kier molecular flexibility index (Phi) is 10.6. The molecule has 0 unspecified atom stereocenters. The van der Waals surface area contributed by atoms with Gasteiger partial charge < -0.3 is 5.11 Å². The van der Waals surface area contributed by atoms with E-state index < -0.39 is 7.94 Å². The van der Waals surface area contributed by atoms with E-state index in [1.165, 1.54) is 25.7 Å². The molecule has 0 aliphatic carbocycles. The molecule has 0 aromatic rings. The number of hydrogen-bond acceptors (Lipinski definition) is 4. The summed E-state index contributed by atoms with van der Waals surface area (Å²) in [7, 11) is -3.51. The summed E-state index contributed by atoms with van der Waals surface area (Å²) >= 11 is 0. The van der Waals surface area contributed by atoms with Crippen LogP contribution >= 0.6 is 7.94 Å². The summed E-state index contributed by atoms with van der Waals surface area (Å²) in [6.45, 7) is 0.300. The lowest BCUT2D eigenvalue weighted by molar-refractivity contribution is 0.282. The Bertz CT molecular complexity index is 147. The fourth-order valence-electron chi connectivity index (χ4n) is 1.67. The van der Waals surface area contributed by atoms with Gasteiger partial charge in [0.25, 0.3) is 0 Å². The number of rotatable bonds is 11. The third-order valence-electron chi connectivity index (χ3n) is 2.62. The molecule has 0 aliphatic heterocycles. The van der Waals surface area contributed by atoms with Crippen molar-refractivity contribution in [1.82, 2.24) is 0 Å².